The number of hydrogen-bond donors (Lipinski definition) is 0. The van der Waals surface area contributed by atoms with Crippen molar-refractivity contribution in [3.8, 4) is 22.3 Å². The summed E-state index contributed by atoms with van der Waals surface area (Å²) in [7, 11) is 0. The zero-order valence-corrected chi connectivity index (χ0v) is 35.6. The molecule has 4 aromatic carbocycles. The van der Waals surface area contributed by atoms with Gasteiger partial charge in [0, 0.05) is 0 Å². The summed E-state index contributed by atoms with van der Waals surface area (Å²) in [6.07, 6.45) is 16.3. The molecule has 3 aliphatic carbocycles. The summed E-state index contributed by atoms with van der Waals surface area (Å²) in [4.78, 5) is 0. The SMILES string of the molecule is CCCC1=Cc2c(-c3ccc(C(C)C)cc3)cccc2[CH]1[Zr+2]1([CH]2C(CCC)=Cc3c(-c4ccc(C(C)C)cc4)cccc32)[CH]2CCCC[CH]21.[Cl-].[Cl-]. The molecule has 0 N–H and O–H groups in total. The van der Waals surface area contributed by atoms with Crippen LogP contribution in [0.15, 0.2) is 96.1 Å². The van der Waals surface area contributed by atoms with Gasteiger partial charge < -0.3 is 24.8 Å². The van der Waals surface area contributed by atoms with E-state index in [9.17, 15) is 0 Å². The van der Waals surface area contributed by atoms with Gasteiger partial charge >= 0.3 is 303 Å². The third kappa shape index (κ3) is 6.44. The molecule has 1 saturated carbocycles. The molecule has 1 aliphatic heterocycles. The van der Waals surface area contributed by atoms with E-state index in [-0.39, 0.29) is 24.8 Å². The van der Waals surface area contributed by atoms with Crippen LogP contribution in [0, 0.1) is 0 Å². The van der Waals surface area contributed by atoms with Crippen LogP contribution in [-0.2, 0) is 20.3 Å². The summed E-state index contributed by atoms with van der Waals surface area (Å²) < 4.78 is 3.44. The molecule has 0 amide bonds. The Morgan fingerprint density at radius 1 is 0.549 bits per heavy atom. The Morgan fingerprint density at radius 2 is 0.941 bits per heavy atom. The number of allylic oxidation sites excluding steroid dienone is 2. The molecule has 4 aliphatic rings. The predicted octanol–water partition coefficient (Wildman–Crippen LogP) is 8.77. The topological polar surface area (TPSA) is 0 Å². The van der Waals surface area contributed by atoms with Gasteiger partial charge in [-0.2, -0.15) is 0 Å². The Morgan fingerprint density at radius 3 is 1.29 bits per heavy atom. The predicted molar refractivity (Wildman–Crippen MR) is 209 cm³/mol. The molecule has 0 spiro atoms. The van der Waals surface area contributed by atoms with Crippen LogP contribution in [0.2, 0.25) is 7.25 Å². The first-order valence-corrected chi connectivity index (χ1v) is 25.4. The van der Waals surface area contributed by atoms with Crippen LogP contribution < -0.4 is 24.8 Å². The van der Waals surface area contributed by atoms with Gasteiger partial charge in [0.1, 0.15) is 0 Å². The fourth-order valence-electron chi connectivity index (χ4n) is 11.0. The van der Waals surface area contributed by atoms with E-state index >= 15 is 0 Å². The Bertz CT molecular complexity index is 1770. The molecule has 2 fully saturated rings. The molecule has 0 radical (unpaired) electrons. The van der Waals surface area contributed by atoms with Crippen LogP contribution in [-0.4, -0.2) is 0 Å². The minimum absolute atomic E-state index is 0. The van der Waals surface area contributed by atoms with E-state index in [1.165, 1.54) is 84.7 Å². The number of rotatable bonds is 10. The maximum Gasteiger partial charge on any atom is -1.00 e. The van der Waals surface area contributed by atoms with Crippen LogP contribution in [0.3, 0.4) is 0 Å². The van der Waals surface area contributed by atoms with E-state index in [2.05, 4.69) is 139 Å². The Hall–Kier alpha value is -2.18. The number of benzene rings is 4. The van der Waals surface area contributed by atoms with Crippen LogP contribution in [0.25, 0.3) is 34.4 Å². The van der Waals surface area contributed by atoms with Gasteiger partial charge in [-0.15, -0.1) is 0 Å². The molecule has 3 heteroatoms. The second kappa shape index (κ2) is 15.7. The maximum absolute atomic E-state index is 3.03. The summed E-state index contributed by atoms with van der Waals surface area (Å²) >= 11 is -3.03. The molecule has 0 aromatic heterocycles. The van der Waals surface area contributed by atoms with Gasteiger partial charge in [-0.25, -0.2) is 0 Å². The van der Waals surface area contributed by atoms with E-state index < -0.39 is 20.3 Å². The largest absolute Gasteiger partial charge is 1.00 e. The summed E-state index contributed by atoms with van der Waals surface area (Å²) in [5.74, 6) is 1.12. The zero-order chi connectivity index (χ0) is 33.9. The van der Waals surface area contributed by atoms with Crippen LogP contribution >= 0.6 is 0 Å². The van der Waals surface area contributed by atoms with Gasteiger partial charge in [0.15, 0.2) is 0 Å². The first kappa shape index (κ1) is 38.5. The van der Waals surface area contributed by atoms with Gasteiger partial charge in [0.25, 0.3) is 0 Å². The first-order chi connectivity index (χ1) is 23.9. The van der Waals surface area contributed by atoms with Crippen molar-refractivity contribution < 1.29 is 45.1 Å². The van der Waals surface area contributed by atoms with Crippen molar-refractivity contribution in [3.63, 3.8) is 0 Å². The monoisotopic (exact) mass is 792 g/mol. The van der Waals surface area contributed by atoms with Crippen molar-refractivity contribution >= 4 is 12.2 Å². The molecule has 4 atom stereocenters. The molecule has 0 nitrogen and oxygen atoms in total. The van der Waals surface area contributed by atoms with E-state index in [1.54, 1.807) is 33.4 Å². The molecule has 4 aromatic rings. The summed E-state index contributed by atoms with van der Waals surface area (Å²) in [6, 6.07) is 33.9. The van der Waals surface area contributed by atoms with Crippen LogP contribution in [0.5, 0.6) is 0 Å². The molecule has 4 unspecified atom stereocenters. The molecular formula is C48H56Cl2Zr. The molecule has 1 heterocycles. The minimum Gasteiger partial charge on any atom is -1.00 e. The summed E-state index contributed by atoms with van der Waals surface area (Å²) in [6.45, 7) is 14.0. The van der Waals surface area contributed by atoms with Crippen LogP contribution in [0.4, 0.5) is 0 Å². The van der Waals surface area contributed by atoms with Gasteiger partial charge in [-0.05, 0) is 0 Å². The summed E-state index contributed by atoms with van der Waals surface area (Å²) in [5, 5.41) is 0. The van der Waals surface area contributed by atoms with E-state index in [0.717, 1.165) is 7.25 Å². The maximum atomic E-state index is 2.73. The van der Waals surface area contributed by atoms with Crippen molar-refractivity contribution in [2.75, 3.05) is 0 Å². The van der Waals surface area contributed by atoms with Crippen molar-refractivity contribution in [3.05, 3.63) is 129 Å². The average Bonchev–Trinajstić information content (AvgIpc) is 3.39. The standard InChI is InChI=1S/2C21H23.C6H10.2ClH.Zr/c2*1-4-6-16-13-19-7-5-8-20(21(19)14-16)18-11-9-17(10-12-18)15(2)3;1-2-4-6-5-3-1;;;/h2*5,7-15H,4,6H2,1-3H3;1-2H,3-6H2;2*1H;/q;;;;;+2/p-2. The molecule has 51 heavy (non-hydrogen) atoms. The quantitative estimate of drug-likeness (QED) is 0.151. The van der Waals surface area contributed by atoms with Gasteiger partial charge in [0.2, 0.25) is 0 Å². The van der Waals surface area contributed by atoms with Crippen molar-refractivity contribution in [2.45, 2.75) is 119 Å². The van der Waals surface area contributed by atoms with Crippen LogP contribution in [0.1, 0.15) is 145 Å². The molecule has 1 saturated heterocycles. The fourth-order valence-corrected chi connectivity index (χ4v) is 34.1. The molecular weight excluding hydrogens is 739 g/mol. The normalized spacial score (nSPS) is 23.0. The van der Waals surface area contributed by atoms with Gasteiger partial charge in [-0.3, -0.25) is 0 Å². The van der Waals surface area contributed by atoms with E-state index in [1.807, 2.05) is 0 Å². The van der Waals surface area contributed by atoms with Crippen molar-refractivity contribution in [1.82, 2.24) is 0 Å². The first-order valence-electron chi connectivity index (χ1n) is 19.8. The Labute approximate surface area is 325 Å². The third-order valence-corrected chi connectivity index (χ3v) is 30.1. The number of halogens is 2. The Balaban J connectivity index is 0.00000224. The molecule has 0 bridgehead atoms. The Kier molecular flexibility index (Phi) is 11.8. The number of fused-ring (bicyclic) bond motifs is 3. The van der Waals surface area contributed by atoms with Gasteiger partial charge in [-0.1, -0.05) is 0 Å². The molecule has 266 valence electrons. The van der Waals surface area contributed by atoms with Crippen molar-refractivity contribution in [2.24, 2.45) is 0 Å². The fraction of sp³-hybridized carbons (Fsp3) is 0.417. The number of hydrogen-bond acceptors (Lipinski definition) is 0. The van der Waals surface area contributed by atoms with Gasteiger partial charge in [0.05, 0.1) is 0 Å². The average molecular weight is 795 g/mol. The van der Waals surface area contributed by atoms with E-state index in [0.29, 0.717) is 19.1 Å². The minimum atomic E-state index is -3.03. The smallest absolute Gasteiger partial charge is 1.00 e. The third-order valence-electron chi connectivity index (χ3n) is 13.1. The summed E-state index contributed by atoms with van der Waals surface area (Å²) in [5.41, 5.74) is 18.7. The zero-order valence-electron chi connectivity index (χ0n) is 31.6. The van der Waals surface area contributed by atoms with Crippen molar-refractivity contribution in [1.29, 1.82) is 0 Å². The second-order valence-corrected chi connectivity index (χ2v) is 27.9. The molecule has 8 rings (SSSR count). The van der Waals surface area contributed by atoms with E-state index in [4.69, 9.17) is 0 Å². The second-order valence-electron chi connectivity index (χ2n) is 16.5.